The molecule has 1 saturated heterocycles. The molecular weight excluding hydrogens is 394 g/mol. The zero-order chi connectivity index (χ0) is 19.8. The third kappa shape index (κ3) is 3.51. The number of aromatic nitrogens is 3. The number of ether oxygens (including phenoxy) is 2. The van der Waals surface area contributed by atoms with E-state index in [4.69, 9.17) is 9.47 Å². The molecule has 9 nitrogen and oxygen atoms in total. The summed E-state index contributed by atoms with van der Waals surface area (Å²) < 4.78 is 11.6. The van der Waals surface area contributed by atoms with E-state index in [2.05, 4.69) is 25.2 Å². The van der Waals surface area contributed by atoms with E-state index in [0.29, 0.717) is 53.8 Å². The maximum Gasteiger partial charge on any atom is 0.270 e. The second-order valence-corrected chi connectivity index (χ2v) is 7.97. The molecule has 1 aromatic carbocycles. The van der Waals surface area contributed by atoms with Gasteiger partial charge in [0, 0.05) is 30.8 Å². The first-order chi connectivity index (χ1) is 14.2. The van der Waals surface area contributed by atoms with Gasteiger partial charge in [-0.05, 0) is 25.0 Å². The van der Waals surface area contributed by atoms with Crippen molar-refractivity contribution in [2.75, 3.05) is 36.5 Å². The summed E-state index contributed by atoms with van der Waals surface area (Å²) in [7, 11) is 0. The number of fused-ring (bicyclic) bond motifs is 2. The van der Waals surface area contributed by atoms with Crippen LogP contribution < -0.4 is 25.2 Å². The highest BCUT2D eigenvalue weighted by Crippen LogP contribution is 2.33. The number of thiazole rings is 1. The largest absolute Gasteiger partial charge is 0.486 e. The number of H-pyrrole nitrogens is 1. The van der Waals surface area contributed by atoms with Crippen molar-refractivity contribution in [3.05, 3.63) is 34.9 Å². The summed E-state index contributed by atoms with van der Waals surface area (Å²) in [6.07, 6.45) is 2.80. The van der Waals surface area contributed by atoms with E-state index in [9.17, 15) is 9.59 Å². The normalized spacial score (nSPS) is 16.8. The molecule has 2 aliphatic heterocycles. The molecule has 5 rings (SSSR count). The zero-order valence-corrected chi connectivity index (χ0v) is 16.3. The van der Waals surface area contributed by atoms with Gasteiger partial charge in [-0.15, -0.1) is 0 Å². The van der Waals surface area contributed by atoms with Crippen LogP contribution in [-0.2, 0) is 4.79 Å². The fraction of sp³-hybridized carbons (Fsp3) is 0.368. The Morgan fingerprint density at radius 3 is 2.79 bits per heavy atom. The van der Waals surface area contributed by atoms with E-state index < -0.39 is 0 Å². The number of amides is 1. The van der Waals surface area contributed by atoms with E-state index in [1.54, 1.807) is 6.07 Å². The Hall–Kier alpha value is -3.14. The topological polar surface area (TPSA) is 109 Å². The van der Waals surface area contributed by atoms with Gasteiger partial charge in [0.05, 0.1) is 6.33 Å². The summed E-state index contributed by atoms with van der Waals surface area (Å²) in [5.41, 5.74) is 0.998. The lowest BCUT2D eigenvalue weighted by Gasteiger charge is -2.31. The van der Waals surface area contributed by atoms with E-state index >= 15 is 0 Å². The van der Waals surface area contributed by atoms with Gasteiger partial charge in [-0.2, -0.15) is 4.98 Å². The standard InChI is InChI=1S/C19H19N5O4S/c25-17(22-12-1-2-13-14(9-12)28-8-7-27-13)11-3-5-24(6-4-11)19-23-16-15(29-19)18(26)21-10-20-16/h1-2,9-11H,3-8H2,(H,22,25)(H,20,21,26). The second-order valence-electron chi connectivity index (χ2n) is 6.99. The molecule has 0 bridgehead atoms. The molecule has 1 fully saturated rings. The summed E-state index contributed by atoms with van der Waals surface area (Å²) in [6.45, 7) is 2.46. The highest BCUT2D eigenvalue weighted by molar-refractivity contribution is 7.22. The molecule has 4 heterocycles. The van der Waals surface area contributed by atoms with E-state index in [1.807, 2.05) is 12.1 Å². The van der Waals surface area contributed by atoms with Crippen LogP contribution in [0, 0.1) is 5.92 Å². The number of piperidine rings is 1. The Balaban J connectivity index is 1.22. The molecule has 150 valence electrons. The number of nitrogens with one attached hydrogen (secondary N) is 2. The summed E-state index contributed by atoms with van der Waals surface area (Å²) >= 11 is 1.34. The van der Waals surface area contributed by atoms with E-state index in [0.717, 1.165) is 18.0 Å². The van der Waals surface area contributed by atoms with Crippen molar-refractivity contribution in [1.82, 2.24) is 15.0 Å². The Bertz CT molecular complexity index is 1120. The fourth-order valence-corrected chi connectivity index (χ4v) is 4.56. The molecule has 0 unspecified atom stereocenters. The van der Waals surface area contributed by atoms with Crippen LogP contribution in [0.3, 0.4) is 0 Å². The van der Waals surface area contributed by atoms with Gasteiger partial charge in [0.15, 0.2) is 22.3 Å². The van der Waals surface area contributed by atoms with Crippen LogP contribution in [0.25, 0.3) is 10.3 Å². The van der Waals surface area contributed by atoms with Gasteiger partial charge in [-0.1, -0.05) is 11.3 Å². The minimum Gasteiger partial charge on any atom is -0.486 e. The molecular formula is C19H19N5O4S. The van der Waals surface area contributed by atoms with Crippen molar-refractivity contribution in [2.24, 2.45) is 5.92 Å². The third-order valence-electron chi connectivity index (χ3n) is 5.13. The van der Waals surface area contributed by atoms with Crippen LogP contribution in [0.4, 0.5) is 10.8 Å². The first kappa shape index (κ1) is 17.9. The van der Waals surface area contributed by atoms with Crippen molar-refractivity contribution in [3.8, 4) is 11.5 Å². The van der Waals surface area contributed by atoms with Crippen molar-refractivity contribution in [3.63, 3.8) is 0 Å². The Labute approximate surface area is 169 Å². The molecule has 3 aromatic rings. The van der Waals surface area contributed by atoms with Gasteiger partial charge >= 0.3 is 0 Å². The van der Waals surface area contributed by atoms with Gasteiger partial charge in [-0.25, -0.2) is 4.98 Å². The van der Waals surface area contributed by atoms with Crippen LogP contribution >= 0.6 is 11.3 Å². The Morgan fingerprint density at radius 2 is 2.00 bits per heavy atom. The van der Waals surface area contributed by atoms with E-state index in [-0.39, 0.29) is 17.4 Å². The number of anilines is 2. The van der Waals surface area contributed by atoms with Crippen LogP contribution in [0.1, 0.15) is 12.8 Å². The molecule has 2 aliphatic rings. The smallest absolute Gasteiger partial charge is 0.270 e. The molecule has 0 radical (unpaired) electrons. The SMILES string of the molecule is O=C(Nc1ccc2c(c1)OCCO2)C1CCN(c2nc3nc[nH]c(=O)c3s2)CC1. The van der Waals surface area contributed by atoms with E-state index in [1.165, 1.54) is 17.7 Å². The highest BCUT2D eigenvalue weighted by Gasteiger charge is 2.27. The summed E-state index contributed by atoms with van der Waals surface area (Å²) in [5.74, 6) is 1.29. The van der Waals surface area contributed by atoms with Gasteiger partial charge < -0.3 is 24.7 Å². The number of hydrogen-bond acceptors (Lipinski definition) is 8. The van der Waals surface area contributed by atoms with Gasteiger partial charge in [0.25, 0.3) is 5.56 Å². The first-order valence-corrected chi connectivity index (χ1v) is 10.3. The molecule has 0 spiro atoms. The third-order valence-corrected chi connectivity index (χ3v) is 6.24. The average molecular weight is 413 g/mol. The first-order valence-electron chi connectivity index (χ1n) is 9.47. The van der Waals surface area contributed by atoms with Gasteiger partial charge in [0.2, 0.25) is 5.91 Å². The Kier molecular flexibility index (Phi) is 4.55. The van der Waals surface area contributed by atoms with Gasteiger partial charge in [-0.3, -0.25) is 9.59 Å². The van der Waals surface area contributed by atoms with Crippen LogP contribution in [0.5, 0.6) is 11.5 Å². The average Bonchev–Trinajstić information content (AvgIpc) is 3.20. The fourth-order valence-electron chi connectivity index (χ4n) is 3.59. The number of carbonyl (C=O) groups excluding carboxylic acids is 1. The quantitative estimate of drug-likeness (QED) is 0.676. The lowest BCUT2D eigenvalue weighted by molar-refractivity contribution is -0.120. The summed E-state index contributed by atoms with van der Waals surface area (Å²) in [5, 5.41) is 3.76. The molecule has 0 aliphatic carbocycles. The molecule has 1 amide bonds. The van der Waals surface area contributed by atoms with Crippen LogP contribution in [-0.4, -0.2) is 47.2 Å². The maximum absolute atomic E-state index is 12.7. The minimum atomic E-state index is -0.174. The minimum absolute atomic E-state index is 0.00346. The lowest BCUT2D eigenvalue weighted by Crippen LogP contribution is -2.38. The van der Waals surface area contributed by atoms with Crippen molar-refractivity contribution in [2.45, 2.75) is 12.8 Å². The number of aromatic amines is 1. The van der Waals surface area contributed by atoms with Crippen molar-refractivity contribution in [1.29, 1.82) is 0 Å². The number of benzene rings is 1. The van der Waals surface area contributed by atoms with Crippen molar-refractivity contribution >= 4 is 38.4 Å². The monoisotopic (exact) mass is 413 g/mol. The predicted molar refractivity (Wildman–Crippen MR) is 109 cm³/mol. The second kappa shape index (κ2) is 7.36. The highest BCUT2D eigenvalue weighted by atomic mass is 32.1. The number of hydrogen-bond donors (Lipinski definition) is 2. The Morgan fingerprint density at radius 1 is 1.21 bits per heavy atom. The number of carbonyl (C=O) groups is 1. The summed E-state index contributed by atoms with van der Waals surface area (Å²) in [6, 6.07) is 5.44. The zero-order valence-electron chi connectivity index (χ0n) is 15.5. The van der Waals surface area contributed by atoms with Crippen LogP contribution in [0.15, 0.2) is 29.3 Å². The predicted octanol–water partition coefficient (Wildman–Crippen LogP) is 2.01. The molecule has 2 N–H and O–H groups in total. The summed E-state index contributed by atoms with van der Waals surface area (Å²) in [4.78, 5) is 37.8. The number of rotatable bonds is 3. The molecule has 2 aromatic heterocycles. The molecule has 10 heteroatoms. The molecule has 29 heavy (non-hydrogen) atoms. The maximum atomic E-state index is 12.7. The molecule has 0 atom stereocenters. The van der Waals surface area contributed by atoms with Gasteiger partial charge in [0.1, 0.15) is 17.9 Å². The van der Waals surface area contributed by atoms with Crippen molar-refractivity contribution < 1.29 is 14.3 Å². The lowest BCUT2D eigenvalue weighted by atomic mass is 9.96. The molecule has 0 saturated carbocycles. The van der Waals surface area contributed by atoms with Crippen LogP contribution in [0.2, 0.25) is 0 Å². The number of nitrogens with zero attached hydrogens (tertiary/aromatic N) is 3.